The Morgan fingerprint density at radius 1 is 1.23 bits per heavy atom. The fourth-order valence-corrected chi connectivity index (χ4v) is 2.78. The van der Waals surface area contributed by atoms with Crippen molar-refractivity contribution in [1.82, 2.24) is 19.9 Å². The minimum atomic E-state index is -3.77. The Bertz CT molecular complexity index is 1040. The third kappa shape index (κ3) is 3.43. The summed E-state index contributed by atoms with van der Waals surface area (Å²) in [6, 6.07) is 9.60. The highest BCUT2D eigenvalue weighted by molar-refractivity contribution is 7.89. The number of para-hydroxylation sites is 1. The number of sulfonamides is 1. The number of H-pyrrole nitrogens is 1. The molecule has 11 heteroatoms. The fraction of sp³-hybridized carbons (Fsp3) is 0.133. The number of ether oxygens (including phenoxy) is 1. The van der Waals surface area contributed by atoms with E-state index in [9.17, 15) is 13.2 Å². The van der Waals surface area contributed by atoms with Gasteiger partial charge in [-0.1, -0.05) is 12.1 Å². The molecule has 1 aromatic carbocycles. The number of rotatable bonds is 6. The molecule has 0 radical (unpaired) electrons. The van der Waals surface area contributed by atoms with Gasteiger partial charge in [-0.3, -0.25) is 15.2 Å². The third-order valence-corrected chi connectivity index (χ3v) is 4.70. The molecule has 0 unspecified atom stereocenters. The predicted octanol–water partition coefficient (Wildman–Crippen LogP) is 1.23. The topological polar surface area (TPSA) is 139 Å². The standard InChI is InChI=1S/C15H15N5O5S/c1-16-26(22,23)12-8-7-11(25-12)14(21)18-15-17-13(19-20-15)9-5-3-4-6-10(9)24-2/h3-8,16H,1-2H3,(H2,17,18,19,20,21). The Morgan fingerprint density at radius 2 is 2.00 bits per heavy atom. The second kappa shape index (κ2) is 6.98. The fourth-order valence-electron chi connectivity index (χ4n) is 2.13. The number of anilines is 1. The van der Waals surface area contributed by atoms with Crippen LogP contribution in [0.15, 0.2) is 45.9 Å². The maximum Gasteiger partial charge on any atom is 0.293 e. The van der Waals surface area contributed by atoms with Crippen molar-refractivity contribution in [1.29, 1.82) is 0 Å². The van der Waals surface area contributed by atoms with Crippen LogP contribution < -0.4 is 14.8 Å². The molecule has 3 aromatic rings. The van der Waals surface area contributed by atoms with E-state index in [0.717, 1.165) is 0 Å². The number of methoxy groups -OCH3 is 1. The molecule has 0 saturated heterocycles. The van der Waals surface area contributed by atoms with Gasteiger partial charge in [0, 0.05) is 0 Å². The monoisotopic (exact) mass is 377 g/mol. The highest BCUT2D eigenvalue weighted by Crippen LogP contribution is 2.27. The Kier molecular flexibility index (Phi) is 4.73. The van der Waals surface area contributed by atoms with Crippen molar-refractivity contribution in [2.45, 2.75) is 5.09 Å². The van der Waals surface area contributed by atoms with Crippen LogP contribution in [-0.2, 0) is 10.0 Å². The summed E-state index contributed by atoms with van der Waals surface area (Å²) in [5, 5.41) is 8.67. The Labute approximate surface area is 148 Å². The average molecular weight is 377 g/mol. The zero-order chi connectivity index (χ0) is 18.7. The van der Waals surface area contributed by atoms with E-state index in [2.05, 4.69) is 25.2 Å². The summed E-state index contributed by atoms with van der Waals surface area (Å²) in [5.41, 5.74) is 0.670. The van der Waals surface area contributed by atoms with Crippen LogP contribution in [0.3, 0.4) is 0 Å². The van der Waals surface area contributed by atoms with Crippen molar-refractivity contribution in [3.8, 4) is 17.1 Å². The molecular formula is C15H15N5O5S. The van der Waals surface area contributed by atoms with Gasteiger partial charge in [-0.2, -0.15) is 4.98 Å². The van der Waals surface area contributed by atoms with Gasteiger partial charge in [-0.25, -0.2) is 13.1 Å². The smallest absolute Gasteiger partial charge is 0.293 e. The number of nitrogens with one attached hydrogen (secondary N) is 3. The van der Waals surface area contributed by atoms with E-state index in [-0.39, 0.29) is 16.8 Å². The molecule has 0 spiro atoms. The number of amides is 1. The van der Waals surface area contributed by atoms with Crippen LogP contribution in [0.4, 0.5) is 5.95 Å². The van der Waals surface area contributed by atoms with Crippen LogP contribution in [0.25, 0.3) is 11.4 Å². The highest BCUT2D eigenvalue weighted by atomic mass is 32.2. The molecule has 0 aliphatic heterocycles. The number of hydrogen-bond donors (Lipinski definition) is 3. The number of carbonyl (C=O) groups is 1. The molecule has 3 rings (SSSR count). The van der Waals surface area contributed by atoms with E-state index < -0.39 is 15.9 Å². The van der Waals surface area contributed by atoms with E-state index in [1.54, 1.807) is 12.1 Å². The summed E-state index contributed by atoms with van der Waals surface area (Å²) < 4.78 is 35.7. The van der Waals surface area contributed by atoms with Crippen molar-refractivity contribution < 1.29 is 22.4 Å². The SMILES string of the molecule is CNS(=O)(=O)c1ccc(C(=O)Nc2n[nH]c(-c3ccccc3OC)n2)o1. The Hall–Kier alpha value is -3.18. The van der Waals surface area contributed by atoms with E-state index >= 15 is 0 Å². The Balaban J connectivity index is 1.78. The van der Waals surface area contributed by atoms with Gasteiger partial charge in [0.1, 0.15) is 5.75 Å². The van der Waals surface area contributed by atoms with Gasteiger partial charge >= 0.3 is 0 Å². The summed E-state index contributed by atoms with van der Waals surface area (Å²) in [6.07, 6.45) is 0. The predicted molar refractivity (Wildman–Crippen MR) is 91.3 cm³/mol. The van der Waals surface area contributed by atoms with Crippen molar-refractivity contribution in [3.63, 3.8) is 0 Å². The minimum absolute atomic E-state index is 0.00493. The average Bonchev–Trinajstić information content (AvgIpc) is 3.31. The lowest BCUT2D eigenvalue weighted by Gasteiger charge is -2.04. The number of nitrogens with zero attached hydrogens (tertiary/aromatic N) is 2. The van der Waals surface area contributed by atoms with E-state index in [0.29, 0.717) is 17.1 Å². The first-order valence-corrected chi connectivity index (χ1v) is 8.83. The minimum Gasteiger partial charge on any atom is -0.496 e. The second-order valence-electron chi connectivity index (χ2n) is 4.99. The molecule has 2 heterocycles. The third-order valence-electron chi connectivity index (χ3n) is 3.41. The van der Waals surface area contributed by atoms with E-state index in [4.69, 9.17) is 9.15 Å². The lowest BCUT2D eigenvalue weighted by Crippen LogP contribution is -2.18. The summed E-state index contributed by atoms with van der Waals surface area (Å²) in [7, 11) is -0.997. The summed E-state index contributed by atoms with van der Waals surface area (Å²) >= 11 is 0. The maximum absolute atomic E-state index is 12.2. The molecule has 0 saturated carbocycles. The van der Waals surface area contributed by atoms with Gasteiger partial charge in [-0.05, 0) is 31.3 Å². The van der Waals surface area contributed by atoms with Crippen molar-refractivity contribution in [2.75, 3.05) is 19.5 Å². The zero-order valence-corrected chi connectivity index (χ0v) is 14.6. The van der Waals surface area contributed by atoms with Crippen molar-refractivity contribution in [2.24, 2.45) is 0 Å². The molecule has 0 atom stereocenters. The van der Waals surface area contributed by atoms with E-state index in [1.807, 2.05) is 12.1 Å². The van der Waals surface area contributed by atoms with Crippen molar-refractivity contribution in [3.05, 3.63) is 42.2 Å². The number of carbonyl (C=O) groups excluding carboxylic acids is 1. The van der Waals surface area contributed by atoms with Crippen molar-refractivity contribution >= 4 is 21.9 Å². The van der Waals surface area contributed by atoms with Crippen LogP contribution in [0.2, 0.25) is 0 Å². The molecular weight excluding hydrogens is 362 g/mol. The van der Waals surface area contributed by atoms with Crippen LogP contribution in [0.5, 0.6) is 5.75 Å². The lowest BCUT2D eigenvalue weighted by molar-refractivity contribution is 0.0990. The van der Waals surface area contributed by atoms with Gasteiger partial charge in [-0.15, -0.1) is 5.10 Å². The molecule has 3 N–H and O–H groups in total. The maximum atomic E-state index is 12.2. The molecule has 0 aliphatic carbocycles. The number of furan rings is 1. The van der Waals surface area contributed by atoms with E-state index in [1.165, 1.54) is 26.3 Å². The van der Waals surface area contributed by atoms with Crippen LogP contribution in [0, 0.1) is 0 Å². The van der Waals surface area contributed by atoms with Crippen LogP contribution in [-0.4, -0.2) is 43.7 Å². The van der Waals surface area contributed by atoms with Gasteiger partial charge in [0.25, 0.3) is 15.9 Å². The first-order chi connectivity index (χ1) is 12.4. The number of aromatic nitrogens is 3. The second-order valence-corrected chi connectivity index (χ2v) is 6.81. The molecule has 0 bridgehead atoms. The largest absolute Gasteiger partial charge is 0.496 e. The molecule has 10 nitrogen and oxygen atoms in total. The molecule has 136 valence electrons. The summed E-state index contributed by atoms with van der Waals surface area (Å²) in [5.74, 6) is 0.117. The highest BCUT2D eigenvalue weighted by Gasteiger charge is 2.20. The molecule has 2 aromatic heterocycles. The lowest BCUT2D eigenvalue weighted by atomic mass is 10.2. The molecule has 0 aliphatic rings. The van der Waals surface area contributed by atoms with Gasteiger partial charge < -0.3 is 9.15 Å². The van der Waals surface area contributed by atoms with Crippen LogP contribution in [0.1, 0.15) is 10.6 Å². The zero-order valence-electron chi connectivity index (χ0n) is 13.8. The Morgan fingerprint density at radius 3 is 2.73 bits per heavy atom. The molecule has 0 fully saturated rings. The summed E-state index contributed by atoms with van der Waals surface area (Å²) in [6.45, 7) is 0. The first kappa shape index (κ1) is 17.6. The quantitative estimate of drug-likeness (QED) is 0.587. The summed E-state index contributed by atoms with van der Waals surface area (Å²) in [4.78, 5) is 16.3. The van der Waals surface area contributed by atoms with Gasteiger partial charge in [0.05, 0.1) is 12.7 Å². The van der Waals surface area contributed by atoms with Gasteiger partial charge in [0.15, 0.2) is 11.6 Å². The number of benzene rings is 1. The number of hydrogen-bond acceptors (Lipinski definition) is 7. The molecule has 26 heavy (non-hydrogen) atoms. The van der Waals surface area contributed by atoms with Crippen LogP contribution >= 0.6 is 0 Å². The van der Waals surface area contributed by atoms with Gasteiger partial charge in [0.2, 0.25) is 11.0 Å². The molecule has 1 amide bonds. The normalized spacial score (nSPS) is 11.3. The number of aromatic amines is 1. The first-order valence-electron chi connectivity index (χ1n) is 7.35.